The lowest BCUT2D eigenvalue weighted by molar-refractivity contribution is -0.142. The molecule has 9 heteroatoms. The first-order valence-electron chi connectivity index (χ1n) is 14.9. The maximum Gasteiger partial charge on any atom is 0.306 e. The van der Waals surface area contributed by atoms with E-state index < -0.39 is 17.1 Å². The van der Waals surface area contributed by atoms with Gasteiger partial charge in [-0.25, -0.2) is 9.36 Å². The van der Waals surface area contributed by atoms with Gasteiger partial charge in [-0.2, -0.15) is 10.2 Å². The van der Waals surface area contributed by atoms with Crippen molar-refractivity contribution in [2.24, 2.45) is 5.92 Å². The summed E-state index contributed by atoms with van der Waals surface area (Å²) in [6.07, 6.45) is 5.08. The van der Waals surface area contributed by atoms with Crippen molar-refractivity contribution in [3.05, 3.63) is 89.5 Å². The fraction of sp³-hybridized carbons (Fsp3) is 0.353. The van der Waals surface area contributed by atoms with Crippen LogP contribution in [-0.2, 0) is 21.8 Å². The minimum Gasteiger partial charge on any atom is -0.610 e. The highest BCUT2D eigenvalue weighted by molar-refractivity contribution is 7.90. The molecule has 1 saturated carbocycles. The van der Waals surface area contributed by atoms with Gasteiger partial charge < -0.3 is 9.66 Å². The Morgan fingerprint density at radius 2 is 1.74 bits per heavy atom. The quantitative estimate of drug-likeness (QED) is 0.191. The van der Waals surface area contributed by atoms with E-state index >= 15 is 0 Å². The fourth-order valence-corrected chi connectivity index (χ4v) is 7.41. The number of hydrogen-bond acceptors (Lipinski definition) is 5. The molecule has 0 spiro atoms. The topological polar surface area (TPSA) is 109 Å². The van der Waals surface area contributed by atoms with Crippen molar-refractivity contribution >= 4 is 28.0 Å². The highest BCUT2D eigenvalue weighted by Gasteiger charge is 2.28. The van der Waals surface area contributed by atoms with Crippen LogP contribution in [0.5, 0.6) is 0 Å². The molecule has 8 nitrogen and oxygen atoms in total. The molecule has 0 amide bonds. The van der Waals surface area contributed by atoms with Crippen LogP contribution < -0.4 is 0 Å². The van der Waals surface area contributed by atoms with Gasteiger partial charge in [-0.15, -0.1) is 0 Å². The number of fused-ring (bicyclic) bond motifs is 1. The van der Waals surface area contributed by atoms with E-state index in [1.165, 1.54) is 5.56 Å². The molecule has 0 saturated heterocycles. The first-order valence-corrected chi connectivity index (χ1v) is 16.2. The third-order valence-electron chi connectivity index (χ3n) is 8.65. The molecule has 0 bridgehead atoms. The van der Waals surface area contributed by atoms with Crippen LogP contribution in [-0.4, -0.2) is 40.2 Å². The Bertz CT molecular complexity index is 1770. The molecule has 3 aromatic heterocycles. The van der Waals surface area contributed by atoms with E-state index in [-0.39, 0.29) is 23.6 Å². The van der Waals surface area contributed by atoms with Crippen molar-refractivity contribution in [3.63, 3.8) is 0 Å². The summed E-state index contributed by atoms with van der Waals surface area (Å²) in [5.74, 6) is -0.128. The summed E-state index contributed by atoms with van der Waals surface area (Å²) in [4.78, 5) is 17.2. The predicted molar refractivity (Wildman–Crippen MR) is 169 cm³/mol. The van der Waals surface area contributed by atoms with Gasteiger partial charge >= 0.3 is 5.97 Å². The summed E-state index contributed by atoms with van der Waals surface area (Å²) in [6.45, 7) is 8.51. The Hall–Kier alpha value is -3.95. The average Bonchev–Trinajstić information content (AvgIpc) is 3.57. The number of aromatic nitrogens is 5. The van der Waals surface area contributed by atoms with Crippen LogP contribution in [0.15, 0.2) is 71.8 Å². The largest absolute Gasteiger partial charge is 0.610 e. The molecule has 1 aliphatic carbocycles. The van der Waals surface area contributed by atoms with E-state index in [2.05, 4.69) is 39.0 Å². The maximum absolute atomic E-state index is 13.0. The molecule has 1 N–H and O–H groups in total. The van der Waals surface area contributed by atoms with Gasteiger partial charge in [0.05, 0.1) is 28.5 Å². The van der Waals surface area contributed by atoms with Crippen molar-refractivity contribution in [2.75, 3.05) is 0 Å². The SMILES string of the molecule is Cc1nc(C2CCC(C(=O)O)CC2)ccc1-n1nc(-c2cccc3nn(C[S+]([O-])c4ccccc4)cc23)c(C(C)C)c1C. The highest BCUT2D eigenvalue weighted by atomic mass is 32.2. The van der Waals surface area contributed by atoms with Crippen molar-refractivity contribution in [3.8, 4) is 16.9 Å². The first kappa shape index (κ1) is 29.1. The molecule has 1 fully saturated rings. The van der Waals surface area contributed by atoms with Gasteiger partial charge in [-0.05, 0) is 75.8 Å². The van der Waals surface area contributed by atoms with Crippen LogP contribution in [0.25, 0.3) is 27.8 Å². The Balaban J connectivity index is 1.34. The van der Waals surface area contributed by atoms with Gasteiger partial charge in [0.1, 0.15) is 0 Å². The second-order valence-corrected chi connectivity index (χ2v) is 13.3. The van der Waals surface area contributed by atoms with Crippen LogP contribution in [0.2, 0.25) is 0 Å². The van der Waals surface area contributed by atoms with Crippen molar-refractivity contribution in [1.29, 1.82) is 0 Å². The second-order valence-electron chi connectivity index (χ2n) is 11.8. The Kier molecular flexibility index (Phi) is 8.11. The standard InChI is InChI=1S/C34H37N5O3S/c1-21(2)32-23(4)39(31-18-17-29(35-22(31)3)24-13-15-25(16-14-24)34(40)41)37-33(32)27-11-8-12-30-28(27)19-38(36-30)20-43(42)26-9-6-5-7-10-26/h5-12,17-19,21,24-25H,13-16,20H2,1-4H3,(H,40,41). The van der Waals surface area contributed by atoms with Gasteiger partial charge in [0.15, 0.2) is 4.90 Å². The average molecular weight is 596 g/mol. The summed E-state index contributed by atoms with van der Waals surface area (Å²) >= 11 is -1.21. The summed E-state index contributed by atoms with van der Waals surface area (Å²) in [6, 6.07) is 19.7. The predicted octanol–water partition coefficient (Wildman–Crippen LogP) is 7.15. The molecule has 3 heterocycles. The van der Waals surface area contributed by atoms with Crippen LogP contribution in [0.3, 0.4) is 0 Å². The number of aliphatic carboxylic acids is 1. The molecule has 0 radical (unpaired) electrons. The zero-order valence-electron chi connectivity index (χ0n) is 25.0. The van der Waals surface area contributed by atoms with E-state index in [9.17, 15) is 14.5 Å². The lowest BCUT2D eigenvalue weighted by atomic mass is 9.80. The van der Waals surface area contributed by atoms with Crippen molar-refractivity contribution in [1.82, 2.24) is 24.5 Å². The molecular formula is C34H37N5O3S. The minimum atomic E-state index is -1.21. The number of aryl methyl sites for hydroxylation is 1. The zero-order chi connectivity index (χ0) is 30.2. The number of rotatable bonds is 8. The third kappa shape index (κ3) is 5.71. The lowest BCUT2D eigenvalue weighted by Crippen LogP contribution is -2.21. The summed E-state index contributed by atoms with van der Waals surface area (Å²) in [7, 11) is 0. The van der Waals surface area contributed by atoms with E-state index in [0.717, 1.165) is 62.7 Å². The maximum atomic E-state index is 13.0. The molecule has 222 valence electrons. The molecule has 2 aromatic carbocycles. The molecule has 43 heavy (non-hydrogen) atoms. The number of carboxylic acid groups (broad SMARTS) is 1. The number of hydrogen-bond donors (Lipinski definition) is 1. The van der Waals surface area contributed by atoms with Crippen LogP contribution in [0.1, 0.15) is 74.0 Å². The van der Waals surface area contributed by atoms with E-state index in [4.69, 9.17) is 15.2 Å². The van der Waals surface area contributed by atoms with Gasteiger partial charge in [0, 0.05) is 51.2 Å². The van der Waals surface area contributed by atoms with Gasteiger partial charge in [0.25, 0.3) is 0 Å². The summed E-state index contributed by atoms with van der Waals surface area (Å²) in [5, 5.41) is 20.3. The minimum absolute atomic E-state index is 0.233. The van der Waals surface area contributed by atoms with E-state index in [0.29, 0.717) is 12.8 Å². The lowest BCUT2D eigenvalue weighted by Gasteiger charge is -2.26. The Labute approximate surface area is 255 Å². The monoisotopic (exact) mass is 595 g/mol. The molecule has 1 atom stereocenters. The third-order valence-corrected chi connectivity index (χ3v) is 9.95. The van der Waals surface area contributed by atoms with Gasteiger partial charge in [0.2, 0.25) is 5.88 Å². The smallest absolute Gasteiger partial charge is 0.306 e. The first-order chi connectivity index (χ1) is 20.7. The molecule has 1 aliphatic rings. The second kappa shape index (κ2) is 12.0. The van der Waals surface area contributed by atoms with Crippen LogP contribution in [0, 0.1) is 19.8 Å². The summed E-state index contributed by atoms with van der Waals surface area (Å²) < 4.78 is 16.8. The molecule has 5 aromatic rings. The molecular weight excluding hydrogens is 558 g/mol. The van der Waals surface area contributed by atoms with Gasteiger partial charge in [-0.1, -0.05) is 44.2 Å². The highest BCUT2D eigenvalue weighted by Crippen LogP contribution is 2.38. The van der Waals surface area contributed by atoms with Crippen molar-refractivity contribution in [2.45, 2.75) is 76.0 Å². The normalized spacial score (nSPS) is 17.9. The van der Waals surface area contributed by atoms with E-state index in [1.54, 1.807) is 4.68 Å². The number of benzene rings is 2. The number of pyridine rings is 1. The molecule has 1 unspecified atom stereocenters. The Morgan fingerprint density at radius 3 is 2.42 bits per heavy atom. The van der Waals surface area contributed by atoms with Crippen LogP contribution >= 0.6 is 0 Å². The van der Waals surface area contributed by atoms with Gasteiger partial charge in [-0.3, -0.25) is 9.78 Å². The Morgan fingerprint density at radius 1 is 1.00 bits per heavy atom. The summed E-state index contributed by atoms with van der Waals surface area (Å²) in [5.41, 5.74) is 7.86. The van der Waals surface area contributed by atoms with Crippen LogP contribution in [0.4, 0.5) is 0 Å². The molecule has 0 aliphatic heterocycles. The number of nitrogens with zero attached hydrogens (tertiary/aromatic N) is 5. The van der Waals surface area contributed by atoms with Crippen molar-refractivity contribution < 1.29 is 14.5 Å². The zero-order valence-corrected chi connectivity index (χ0v) is 25.8. The fourth-order valence-electron chi connectivity index (χ4n) is 6.43. The number of carboxylic acids is 1. The molecule has 6 rings (SSSR count). The van der Waals surface area contributed by atoms with E-state index in [1.807, 2.05) is 60.3 Å². The number of carbonyl (C=O) groups is 1.